The van der Waals surface area contributed by atoms with Gasteiger partial charge in [0, 0.05) is 44.1 Å². The van der Waals surface area contributed by atoms with Gasteiger partial charge in [-0.1, -0.05) is 51.1 Å². The van der Waals surface area contributed by atoms with Crippen molar-refractivity contribution in [1.82, 2.24) is 20.0 Å². The minimum atomic E-state index is -0.162. The first-order valence-corrected chi connectivity index (χ1v) is 14.5. The van der Waals surface area contributed by atoms with Crippen molar-refractivity contribution in [2.24, 2.45) is 17.3 Å². The number of likely N-dealkylation sites (N-methyl/N-ethyl adjacent to an activating group) is 1. The largest absolute Gasteiger partial charge is 0.355 e. The summed E-state index contributed by atoms with van der Waals surface area (Å²) < 4.78 is 11.1. The van der Waals surface area contributed by atoms with E-state index in [0.29, 0.717) is 38.5 Å². The van der Waals surface area contributed by atoms with Crippen LogP contribution in [0.1, 0.15) is 64.5 Å². The third-order valence-electron chi connectivity index (χ3n) is 9.41. The first kappa shape index (κ1) is 27.4. The van der Waals surface area contributed by atoms with Crippen molar-refractivity contribution in [1.29, 1.82) is 0 Å². The highest BCUT2D eigenvalue weighted by Gasteiger charge is 2.57. The Hall–Kier alpha value is -2.16. The van der Waals surface area contributed by atoms with E-state index in [2.05, 4.69) is 29.3 Å². The highest BCUT2D eigenvalue weighted by atomic mass is 16.7. The maximum absolute atomic E-state index is 13.4. The molecule has 3 unspecified atom stereocenters. The van der Waals surface area contributed by atoms with Gasteiger partial charge in [-0.05, 0) is 50.1 Å². The van der Waals surface area contributed by atoms with Gasteiger partial charge in [0.1, 0.15) is 6.79 Å². The van der Waals surface area contributed by atoms with Crippen LogP contribution in [0.2, 0.25) is 0 Å². The van der Waals surface area contributed by atoms with Gasteiger partial charge in [0.05, 0.1) is 24.8 Å². The fraction of sp³-hybridized carbons (Fsp3) is 0.733. The molecule has 0 radical (unpaired) electrons. The molecule has 5 rings (SSSR count). The summed E-state index contributed by atoms with van der Waals surface area (Å²) >= 11 is 0. The average Bonchev–Trinajstić information content (AvgIpc) is 3.39. The Balaban J connectivity index is 1.26. The number of fused-ring (bicyclic) bond motifs is 1. The number of nitrogens with zero attached hydrogens (tertiary/aromatic N) is 3. The van der Waals surface area contributed by atoms with E-state index in [4.69, 9.17) is 9.47 Å². The summed E-state index contributed by atoms with van der Waals surface area (Å²) in [6.07, 6.45) is 5.41. The standard InChI is InChI=1S/C30H46N4O4/c1-22(2)27(35)31-25(23-9-6-5-7-10-23)12-14-33-13-8-11-24-15-30(16-26(24)33)18-34(28(36)32(30)4)17-29(3)19-37-21-38-20-29/h5-7,9-10,22,24-26H,8,11-21H2,1-4H3,(H,31,35)/t24?,25-,26?,30?/m0/s1. The van der Waals surface area contributed by atoms with Crippen molar-refractivity contribution in [3.63, 3.8) is 0 Å². The third kappa shape index (κ3) is 5.58. The second-order valence-corrected chi connectivity index (χ2v) is 12.9. The van der Waals surface area contributed by atoms with E-state index in [1.165, 1.54) is 18.4 Å². The Morgan fingerprint density at radius 2 is 1.89 bits per heavy atom. The van der Waals surface area contributed by atoms with Crippen LogP contribution in [-0.4, -0.2) is 91.5 Å². The second-order valence-electron chi connectivity index (χ2n) is 12.9. The molecule has 0 aromatic heterocycles. The zero-order chi connectivity index (χ0) is 26.9. The summed E-state index contributed by atoms with van der Waals surface area (Å²) in [4.78, 5) is 32.8. The topological polar surface area (TPSA) is 74.4 Å². The summed E-state index contributed by atoms with van der Waals surface area (Å²) in [5.74, 6) is 0.669. The number of amides is 3. The van der Waals surface area contributed by atoms with Crippen molar-refractivity contribution >= 4 is 11.9 Å². The molecule has 0 bridgehead atoms. The summed E-state index contributed by atoms with van der Waals surface area (Å²) in [6.45, 7) is 11.1. The van der Waals surface area contributed by atoms with Gasteiger partial charge in [0.25, 0.3) is 0 Å². The molecule has 1 aromatic carbocycles. The van der Waals surface area contributed by atoms with Crippen LogP contribution in [0, 0.1) is 17.3 Å². The number of nitrogens with one attached hydrogen (secondary N) is 1. The minimum Gasteiger partial charge on any atom is -0.355 e. The zero-order valence-corrected chi connectivity index (χ0v) is 23.7. The van der Waals surface area contributed by atoms with Crippen molar-refractivity contribution in [3.05, 3.63) is 35.9 Å². The second kappa shape index (κ2) is 11.1. The smallest absolute Gasteiger partial charge is 0.320 e. The number of benzene rings is 1. The van der Waals surface area contributed by atoms with Crippen LogP contribution in [0.3, 0.4) is 0 Å². The quantitative estimate of drug-likeness (QED) is 0.557. The molecule has 210 valence electrons. The monoisotopic (exact) mass is 526 g/mol. The zero-order valence-electron chi connectivity index (χ0n) is 23.7. The predicted octanol–water partition coefficient (Wildman–Crippen LogP) is 3.88. The maximum atomic E-state index is 13.4. The number of likely N-dealkylation sites (tertiary alicyclic amines) is 1. The first-order valence-electron chi connectivity index (χ1n) is 14.5. The molecule has 4 fully saturated rings. The van der Waals surface area contributed by atoms with E-state index < -0.39 is 0 Å². The van der Waals surface area contributed by atoms with E-state index in [1.54, 1.807) is 0 Å². The molecule has 1 aliphatic carbocycles. The maximum Gasteiger partial charge on any atom is 0.320 e. The minimum absolute atomic E-state index is 0.00809. The molecule has 3 saturated heterocycles. The van der Waals surface area contributed by atoms with Gasteiger partial charge in [-0.3, -0.25) is 9.69 Å². The van der Waals surface area contributed by atoms with E-state index >= 15 is 0 Å². The summed E-state index contributed by atoms with van der Waals surface area (Å²) in [5, 5.41) is 3.30. The molecule has 1 spiro atoms. The van der Waals surface area contributed by atoms with Gasteiger partial charge < -0.3 is 24.6 Å². The molecule has 3 amide bonds. The average molecular weight is 527 g/mol. The number of carbonyl (C=O) groups is 2. The molecule has 8 nitrogen and oxygen atoms in total. The normalized spacial score (nSPS) is 30.2. The molecule has 38 heavy (non-hydrogen) atoms. The van der Waals surface area contributed by atoms with Crippen molar-refractivity contribution in [3.8, 4) is 0 Å². The number of piperidine rings is 1. The highest BCUT2D eigenvalue weighted by molar-refractivity contribution is 5.78. The fourth-order valence-corrected chi connectivity index (χ4v) is 7.33. The lowest BCUT2D eigenvalue weighted by Crippen LogP contribution is -2.46. The number of hydrogen-bond donors (Lipinski definition) is 1. The van der Waals surface area contributed by atoms with Gasteiger partial charge in [-0.2, -0.15) is 0 Å². The van der Waals surface area contributed by atoms with Crippen LogP contribution in [0.25, 0.3) is 0 Å². The lowest BCUT2D eigenvalue weighted by atomic mass is 9.90. The number of carbonyl (C=O) groups excluding carboxylic acids is 2. The van der Waals surface area contributed by atoms with Gasteiger partial charge >= 0.3 is 6.03 Å². The number of urea groups is 1. The van der Waals surface area contributed by atoms with Crippen molar-refractivity contribution in [2.75, 3.05) is 53.2 Å². The number of hydrogen-bond acceptors (Lipinski definition) is 5. The summed E-state index contributed by atoms with van der Waals surface area (Å²) in [7, 11) is 2.01. The lowest BCUT2D eigenvalue weighted by Gasteiger charge is -2.38. The van der Waals surface area contributed by atoms with Gasteiger partial charge in [-0.25, -0.2) is 4.79 Å². The molecule has 4 atom stereocenters. The van der Waals surface area contributed by atoms with Crippen LogP contribution < -0.4 is 5.32 Å². The van der Waals surface area contributed by atoms with Gasteiger partial charge in [-0.15, -0.1) is 0 Å². The van der Waals surface area contributed by atoms with Crippen LogP contribution in [0.15, 0.2) is 30.3 Å². The molecule has 1 N–H and O–H groups in total. The Bertz CT molecular complexity index is 982. The number of rotatable bonds is 8. The van der Waals surface area contributed by atoms with Crippen molar-refractivity contribution in [2.45, 2.75) is 70.5 Å². The van der Waals surface area contributed by atoms with Gasteiger partial charge in [0.15, 0.2) is 0 Å². The third-order valence-corrected chi connectivity index (χ3v) is 9.41. The Labute approximate surface area is 228 Å². The Morgan fingerprint density at radius 1 is 1.16 bits per heavy atom. The van der Waals surface area contributed by atoms with E-state index in [9.17, 15) is 9.59 Å². The van der Waals surface area contributed by atoms with Crippen LogP contribution in [0.4, 0.5) is 4.79 Å². The SMILES string of the molecule is CC(C)C(=O)N[C@@H](CCN1CCCC2CC3(CC21)CN(CC1(C)COCOC1)C(=O)N3C)c1ccccc1. The van der Waals surface area contributed by atoms with Crippen LogP contribution >= 0.6 is 0 Å². The first-order chi connectivity index (χ1) is 18.2. The van der Waals surface area contributed by atoms with Gasteiger partial charge in [0.2, 0.25) is 5.91 Å². The molecule has 4 aliphatic rings. The molecule has 3 heterocycles. The highest BCUT2D eigenvalue weighted by Crippen LogP contribution is 2.48. The molecule has 3 aliphatic heterocycles. The Kier molecular flexibility index (Phi) is 8.04. The molecular formula is C30H46N4O4. The van der Waals surface area contributed by atoms with E-state index in [0.717, 1.165) is 38.9 Å². The van der Waals surface area contributed by atoms with E-state index in [-0.39, 0.29) is 34.9 Å². The van der Waals surface area contributed by atoms with Crippen molar-refractivity contribution < 1.29 is 19.1 Å². The molecular weight excluding hydrogens is 480 g/mol. The predicted molar refractivity (Wildman–Crippen MR) is 146 cm³/mol. The molecule has 8 heteroatoms. The fourth-order valence-electron chi connectivity index (χ4n) is 7.33. The summed E-state index contributed by atoms with van der Waals surface area (Å²) in [5.41, 5.74) is 0.899. The van der Waals surface area contributed by atoms with E-state index in [1.807, 2.05) is 48.9 Å². The number of ether oxygens (including phenoxy) is 2. The molecule has 1 aromatic rings. The van der Waals surface area contributed by atoms with Crippen LogP contribution in [0.5, 0.6) is 0 Å². The summed E-state index contributed by atoms with van der Waals surface area (Å²) in [6, 6.07) is 11.0. The Morgan fingerprint density at radius 3 is 2.61 bits per heavy atom. The lowest BCUT2D eigenvalue weighted by molar-refractivity contribution is -0.162. The molecule has 1 saturated carbocycles. The van der Waals surface area contributed by atoms with Crippen LogP contribution in [-0.2, 0) is 14.3 Å².